The van der Waals surface area contributed by atoms with Gasteiger partial charge in [-0.1, -0.05) is 65.5 Å². The van der Waals surface area contributed by atoms with Crippen LogP contribution in [0.2, 0.25) is 0 Å². The number of carbonyl (C=O) groups is 1. The predicted molar refractivity (Wildman–Crippen MR) is 169 cm³/mol. The van der Waals surface area contributed by atoms with Gasteiger partial charge in [0.2, 0.25) is 0 Å². The fraction of sp³-hybridized carbons (Fsp3) is 0.273. The van der Waals surface area contributed by atoms with E-state index in [2.05, 4.69) is 75.2 Å². The van der Waals surface area contributed by atoms with E-state index in [1.807, 2.05) is 42.2 Å². The number of halogens is 1. The van der Waals surface area contributed by atoms with Crippen LogP contribution < -0.4 is 4.74 Å². The molecule has 2 heterocycles. The van der Waals surface area contributed by atoms with Gasteiger partial charge >= 0.3 is 0 Å². The van der Waals surface area contributed by atoms with Gasteiger partial charge in [-0.05, 0) is 85.6 Å². The highest BCUT2D eigenvalue weighted by atomic mass is 79.9. The van der Waals surface area contributed by atoms with Gasteiger partial charge < -0.3 is 9.30 Å². The molecule has 6 rings (SSSR count). The Hall–Kier alpha value is -3.29. The zero-order valence-corrected chi connectivity index (χ0v) is 25.0. The quantitative estimate of drug-likeness (QED) is 0.196. The number of hydrogen-bond donors (Lipinski definition) is 0. The van der Waals surface area contributed by atoms with Crippen molar-refractivity contribution in [2.75, 3.05) is 6.61 Å². The smallest absolute Gasteiger partial charge is 0.267 e. The van der Waals surface area contributed by atoms with Crippen molar-refractivity contribution in [3.05, 3.63) is 99.5 Å². The van der Waals surface area contributed by atoms with Crippen molar-refractivity contribution < 1.29 is 9.53 Å². The summed E-state index contributed by atoms with van der Waals surface area (Å²) in [6.45, 7) is 3.37. The minimum absolute atomic E-state index is 0.0561. The van der Waals surface area contributed by atoms with E-state index in [-0.39, 0.29) is 11.9 Å². The topological polar surface area (TPSA) is 46.8 Å². The SMILES string of the molecule is CCOc1ccc(N=C2S/C(=C\c3cn(Cc4ccccc4)c4ccc(Br)cc34)C(=O)N2C2CCCCC2)cc1. The van der Waals surface area contributed by atoms with Crippen molar-refractivity contribution >= 4 is 61.4 Å². The Morgan fingerprint density at radius 2 is 1.80 bits per heavy atom. The molecule has 4 aromatic rings. The summed E-state index contributed by atoms with van der Waals surface area (Å²) >= 11 is 5.14. The maximum absolute atomic E-state index is 14.0. The van der Waals surface area contributed by atoms with Crippen molar-refractivity contribution in [2.45, 2.75) is 51.6 Å². The normalized spacial score (nSPS) is 18.4. The molecular weight excluding hydrogens is 582 g/mol. The third kappa shape index (κ3) is 5.77. The summed E-state index contributed by atoms with van der Waals surface area (Å²) < 4.78 is 8.88. The van der Waals surface area contributed by atoms with Crippen LogP contribution in [0.3, 0.4) is 0 Å². The number of amides is 1. The molecule has 1 saturated carbocycles. The van der Waals surface area contributed by atoms with Crippen molar-refractivity contribution in [1.29, 1.82) is 0 Å². The van der Waals surface area contributed by atoms with E-state index < -0.39 is 0 Å². The van der Waals surface area contributed by atoms with Gasteiger partial charge in [-0.25, -0.2) is 4.99 Å². The molecule has 2 aliphatic rings. The highest BCUT2D eigenvalue weighted by molar-refractivity contribution is 9.10. The van der Waals surface area contributed by atoms with Crippen molar-refractivity contribution in [1.82, 2.24) is 9.47 Å². The number of benzene rings is 3. The molecular formula is C33H32BrN3O2S. The first-order valence-electron chi connectivity index (χ1n) is 14.0. The van der Waals surface area contributed by atoms with Crippen LogP contribution in [0.1, 0.15) is 50.2 Å². The first kappa shape index (κ1) is 26.9. The van der Waals surface area contributed by atoms with Crippen molar-refractivity contribution in [3.8, 4) is 5.75 Å². The summed E-state index contributed by atoms with van der Waals surface area (Å²) in [5, 5.41) is 1.88. The second-order valence-corrected chi connectivity index (χ2v) is 12.2. The van der Waals surface area contributed by atoms with E-state index >= 15 is 0 Å². The number of nitrogens with zero attached hydrogens (tertiary/aromatic N) is 3. The molecule has 0 unspecified atom stereocenters. The van der Waals surface area contributed by atoms with E-state index in [4.69, 9.17) is 9.73 Å². The zero-order valence-electron chi connectivity index (χ0n) is 22.6. The second-order valence-electron chi connectivity index (χ2n) is 10.3. The summed E-state index contributed by atoms with van der Waals surface area (Å²) in [5.41, 5.74) is 4.24. The molecule has 1 aliphatic carbocycles. The van der Waals surface area contributed by atoms with E-state index in [1.165, 1.54) is 23.7 Å². The fourth-order valence-electron chi connectivity index (χ4n) is 5.58. The van der Waals surface area contributed by atoms with Gasteiger partial charge in [0.1, 0.15) is 5.75 Å². The second kappa shape index (κ2) is 12.1. The Morgan fingerprint density at radius 1 is 1.02 bits per heavy atom. The average molecular weight is 615 g/mol. The molecule has 1 saturated heterocycles. The fourth-order valence-corrected chi connectivity index (χ4v) is 6.99. The molecule has 2 fully saturated rings. The highest BCUT2D eigenvalue weighted by Gasteiger charge is 2.38. The summed E-state index contributed by atoms with van der Waals surface area (Å²) in [6.07, 6.45) is 9.79. The van der Waals surface area contributed by atoms with Crippen LogP contribution in [-0.2, 0) is 11.3 Å². The third-order valence-corrected chi connectivity index (χ3v) is 8.98. The molecule has 3 aromatic carbocycles. The molecule has 0 radical (unpaired) electrons. The van der Waals surface area contributed by atoms with Gasteiger partial charge in [-0.3, -0.25) is 9.69 Å². The van der Waals surface area contributed by atoms with Crippen LogP contribution in [0.5, 0.6) is 5.75 Å². The van der Waals surface area contributed by atoms with E-state index in [1.54, 1.807) is 0 Å². The van der Waals surface area contributed by atoms with Gasteiger partial charge in [0, 0.05) is 39.7 Å². The molecule has 7 heteroatoms. The molecule has 1 aliphatic heterocycles. The standard InChI is InChI=1S/C33H32BrN3O2S/c1-2-39-28-16-14-26(15-17-28)35-33-37(27-11-7-4-8-12-27)32(38)31(40-33)19-24-22-36(21-23-9-5-3-6-10-23)30-18-13-25(34)20-29(24)30/h3,5-6,9-10,13-20,22,27H,2,4,7-8,11-12,21H2,1H3/b31-19-,35-33?. The van der Waals surface area contributed by atoms with Gasteiger partial charge in [0.05, 0.1) is 17.2 Å². The maximum atomic E-state index is 14.0. The monoisotopic (exact) mass is 613 g/mol. The third-order valence-electron chi connectivity index (χ3n) is 7.51. The molecule has 1 aromatic heterocycles. The number of aromatic nitrogens is 1. The van der Waals surface area contributed by atoms with Gasteiger partial charge in [-0.2, -0.15) is 0 Å². The van der Waals surface area contributed by atoms with Gasteiger partial charge in [0.15, 0.2) is 5.17 Å². The molecule has 0 spiro atoms. The Kier molecular flexibility index (Phi) is 8.12. The lowest BCUT2D eigenvalue weighted by atomic mass is 9.94. The lowest BCUT2D eigenvalue weighted by Gasteiger charge is -2.30. The predicted octanol–water partition coefficient (Wildman–Crippen LogP) is 8.79. The Bertz CT molecular complexity index is 1570. The first-order chi connectivity index (χ1) is 19.6. The summed E-state index contributed by atoms with van der Waals surface area (Å²) in [5.74, 6) is 0.880. The molecule has 40 heavy (non-hydrogen) atoms. The van der Waals surface area contributed by atoms with Crippen LogP contribution >= 0.6 is 27.7 Å². The summed E-state index contributed by atoms with van der Waals surface area (Å²) in [6, 6.07) is 24.8. The number of fused-ring (bicyclic) bond motifs is 1. The molecule has 0 bridgehead atoms. The minimum Gasteiger partial charge on any atom is -0.494 e. The van der Waals surface area contributed by atoms with E-state index in [9.17, 15) is 4.79 Å². The molecule has 5 nitrogen and oxygen atoms in total. The van der Waals surface area contributed by atoms with Crippen LogP contribution in [0.15, 0.2) is 93.4 Å². The number of aliphatic imine (C=N–C) groups is 1. The summed E-state index contributed by atoms with van der Waals surface area (Å²) in [7, 11) is 0. The lowest BCUT2D eigenvalue weighted by molar-refractivity contribution is -0.124. The van der Waals surface area contributed by atoms with E-state index in [0.29, 0.717) is 11.5 Å². The first-order valence-corrected chi connectivity index (χ1v) is 15.6. The van der Waals surface area contributed by atoms with Crippen LogP contribution in [0, 0.1) is 0 Å². The number of amidine groups is 1. The molecule has 204 valence electrons. The highest BCUT2D eigenvalue weighted by Crippen LogP contribution is 2.40. The lowest BCUT2D eigenvalue weighted by Crippen LogP contribution is -2.40. The average Bonchev–Trinajstić information content (AvgIpc) is 3.46. The number of carbonyl (C=O) groups excluding carboxylic acids is 1. The van der Waals surface area contributed by atoms with E-state index in [0.717, 1.165) is 69.8 Å². The number of hydrogen-bond acceptors (Lipinski definition) is 4. The number of thioether (sulfide) groups is 1. The number of ether oxygens (including phenoxy) is 1. The molecule has 1 amide bonds. The van der Waals surface area contributed by atoms with Gasteiger partial charge in [-0.15, -0.1) is 0 Å². The number of rotatable bonds is 7. The summed E-state index contributed by atoms with van der Waals surface area (Å²) in [4.78, 5) is 21.6. The molecule has 0 atom stereocenters. The Balaban J connectivity index is 1.38. The largest absolute Gasteiger partial charge is 0.494 e. The maximum Gasteiger partial charge on any atom is 0.267 e. The minimum atomic E-state index is 0.0561. The van der Waals surface area contributed by atoms with Crippen molar-refractivity contribution in [2.24, 2.45) is 4.99 Å². The van der Waals surface area contributed by atoms with Crippen LogP contribution in [0.25, 0.3) is 17.0 Å². The Morgan fingerprint density at radius 3 is 2.55 bits per heavy atom. The van der Waals surface area contributed by atoms with Crippen molar-refractivity contribution in [3.63, 3.8) is 0 Å². The zero-order chi connectivity index (χ0) is 27.5. The Labute approximate surface area is 248 Å². The van der Waals surface area contributed by atoms with Gasteiger partial charge in [0.25, 0.3) is 5.91 Å². The van der Waals surface area contributed by atoms with Crippen LogP contribution in [0.4, 0.5) is 5.69 Å². The molecule has 0 N–H and O–H groups in total. The van der Waals surface area contributed by atoms with Crippen LogP contribution in [-0.4, -0.2) is 33.2 Å².